The van der Waals surface area contributed by atoms with Crippen LogP contribution in [0, 0.1) is 0 Å². The van der Waals surface area contributed by atoms with E-state index in [1.165, 1.54) is 19.2 Å². The van der Waals surface area contributed by atoms with Gasteiger partial charge >= 0.3 is 0 Å². The summed E-state index contributed by atoms with van der Waals surface area (Å²) in [5.74, 6) is -0.267. The third-order valence-electron chi connectivity index (χ3n) is 3.93. The lowest BCUT2D eigenvalue weighted by Crippen LogP contribution is -2.25. The largest absolute Gasteiger partial charge is 0.467 e. The Kier molecular flexibility index (Phi) is 4.95. The van der Waals surface area contributed by atoms with Crippen molar-refractivity contribution in [2.45, 2.75) is 13.0 Å². The second-order valence-corrected chi connectivity index (χ2v) is 5.67. The topological polar surface area (TPSA) is 88.8 Å². The zero-order valence-electron chi connectivity index (χ0n) is 13.8. The monoisotopic (exact) mass is 342 g/mol. The highest BCUT2D eigenvalue weighted by molar-refractivity contribution is 6.21. The molecule has 0 unspecified atom stereocenters. The van der Waals surface area contributed by atoms with Crippen LogP contribution in [0.2, 0.25) is 0 Å². The Bertz CT molecular complexity index is 798. The van der Waals surface area contributed by atoms with Gasteiger partial charge in [-0.15, -0.1) is 0 Å². The van der Waals surface area contributed by atoms with Crippen LogP contribution in [0.1, 0.15) is 43.3 Å². The summed E-state index contributed by atoms with van der Waals surface area (Å²) in [6, 6.07) is 8.15. The molecule has 0 atom stereocenters. The Morgan fingerprint density at radius 3 is 2.76 bits per heavy atom. The van der Waals surface area contributed by atoms with Gasteiger partial charge in [-0.2, -0.15) is 0 Å². The van der Waals surface area contributed by atoms with Crippen molar-refractivity contribution in [3.8, 4) is 0 Å². The van der Waals surface area contributed by atoms with Crippen LogP contribution in [-0.4, -0.2) is 42.8 Å². The third kappa shape index (κ3) is 3.61. The van der Waals surface area contributed by atoms with Gasteiger partial charge in [0, 0.05) is 25.8 Å². The first-order valence-corrected chi connectivity index (χ1v) is 7.92. The van der Waals surface area contributed by atoms with E-state index in [9.17, 15) is 14.4 Å². The van der Waals surface area contributed by atoms with Crippen molar-refractivity contribution < 1.29 is 23.5 Å². The van der Waals surface area contributed by atoms with Crippen LogP contribution in [-0.2, 0) is 11.3 Å². The second kappa shape index (κ2) is 7.31. The molecule has 0 fully saturated rings. The smallest absolute Gasteiger partial charge is 0.261 e. The molecule has 7 nitrogen and oxygen atoms in total. The molecular formula is C18H18N2O5. The Morgan fingerprint density at radius 1 is 1.20 bits per heavy atom. The standard InChI is InChI=1S/C18H18N2O5/c1-20-17(22)14-6-5-12(10-15(14)18(20)23)16(21)19-7-3-8-24-11-13-4-2-9-25-13/h2,4-6,9-10H,3,7-8,11H2,1H3,(H,19,21). The van der Waals surface area contributed by atoms with Crippen molar-refractivity contribution in [1.82, 2.24) is 10.2 Å². The van der Waals surface area contributed by atoms with Crippen LogP contribution in [0.5, 0.6) is 0 Å². The molecule has 0 saturated heterocycles. The number of amides is 3. The maximum absolute atomic E-state index is 12.2. The third-order valence-corrected chi connectivity index (χ3v) is 3.93. The number of hydrogen-bond acceptors (Lipinski definition) is 5. The van der Waals surface area contributed by atoms with Crippen molar-refractivity contribution >= 4 is 17.7 Å². The highest BCUT2D eigenvalue weighted by Crippen LogP contribution is 2.22. The van der Waals surface area contributed by atoms with Crippen molar-refractivity contribution in [1.29, 1.82) is 0 Å². The van der Waals surface area contributed by atoms with E-state index in [2.05, 4.69) is 5.32 Å². The Labute approximate surface area is 144 Å². The number of nitrogens with one attached hydrogen (secondary N) is 1. The molecule has 2 aromatic rings. The van der Waals surface area contributed by atoms with Gasteiger partial charge in [0.1, 0.15) is 12.4 Å². The molecule has 130 valence electrons. The summed E-state index contributed by atoms with van der Waals surface area (Å²) in [7, 11) is 1.42. The molecule has 1 aliphatic rings. The number of hydrogen-bond donors (Lipinski definition) is 1. The van der Waals surface area contributed by atoms with E-state index in [1.807, 2.05) is 6.07 Å². The van der Waals surface area contributed by atoms with Gasteiger partial charge in [-0.25, -0.2) is 0 Å². The fourth-order valence-electron chi connectivity index (χ4n) is 2.55. The summed E-state index contributed by atoms with van der Waals surface area (Å²) < 4.78 is 10.6. The lowest BCUT2D eigenvalue weighted by Gasteiger charge is -2.06. The molecule has 1 aromatic heterocycles. The first-order chi connectivity index (χ1) is 12.1. The van der Waals surface area contributed by atoms with Crippen LogP contribution in [0.3, 0.4) is 0 Å². The predicted molar refractivity (Wildman–Crippen MR) is 88.2 cm³/mol. The van der Waals surface area contributed by atoms with Crippen molar-refractivity contribution in [3.05, 3.63) is 59.0 Å². The Balaban J connectivity index is 1.46. The zero-order valence-corrected chi connectivity index (χ0v) is 13.8. The Morgan fingerprint density at radius 2 is 2.00 bits per heavy atom. The molecule has 3 rings (SSSR count). The summed E-state index contributed by atoms with van der Waals surface area (Å²) in [5.41, 5.74) is 0.948. The molecule has 0 bridgehead atoms. The highest BCUT2D eigenvalue weighted by atomic mass is 16.5. The van der Waals surface area contributed by atoms with E-state index in [0.29, 0.717) is 37.3 Å². The molecule has 3 amide bonds. The molecule has 1 aromatic carbocycles. The molecule has 0 radical (unpaired) electrons. The predicted octanol–water partition coefficient (Wildman–Crippen LogP) is 1.84. The fourth-order valence-corrected chi connectivity index (χ4v) is 2.55. The summed E-state index contributed by atoms with van der Waals surface area (Å²) in [5, 5.41) is 2.77. The normalized spacial score (nSPS) is 13.2. The number of carbonyl (C=O) groups excluding carboxylic acids is 3. The molecule has 25 heavy (non-hydrogen) atoms. The van der Waals surface area contributed by atoms with E-state index < -0.39 is 0 Å². The lowest BCUT2D eigenvalue weighted by molar-refractivity contribution is 0.0693. The van der Waals surface area contributed by atoms with Crippen LogP contribution < -0.4 is 5.32 Å². The summed E-state index contributed by atoms with van der Waals surface area (Å²) in [6.07, 6.45) is 2.24. The van der Waals surface area contributed by atoms with Gasteiger partial charge in [-0.3, -0.25) is 19.3 Å². The highest BCUT2D eigenvalue weighted by Gasteiger charge is 2.33. The van der Waals surface area contributed by atoms with Gasteiger partial charge in [0.2, 0.25) is 0 Å². The molecule has 0 saturated carbocycles. The zero-order chi connectivity index (χ0) is 17.8. The van der Waals surface area contributed by atoms with Crippen molar-refractivity contribution in [2.24, 2.45) is 0 Å². The maximum Gasteiger partial charge on any atom is 0.261 e. The molecular weight excluding hydrogens is 324 g/mol. The van der Waals surface area contributed by atoms with Crippen molar-refractivity contribution in [3.63, 3.8) is 0 Å². The SMILES string of the molecule is CN1C(=O)c2ccc(C(=O)NCCCOCc3ccco3)cc2C1=O. The van der Waals surface area contributed by atoms with Gasteiger partial charge in [-0.1, -0.05) is 0 Å². The van der Waals surface area contributed by atoms with E-state index in [-0.39, 0.29) is 23.3 Å². The van der Waals surface area contributed by atoms with Gasteiger partial charge in [-0.05, 0) is 36.8 Å². The van der Waals surface area contributed by atoms with E-state index in [1.54, 1.807) is 18.4 Å². The lowest BCUT2D eigenvalue weighted by atomic mass is 10.1. The number of carbonyl (C=O) groups is 3. The van der Waals surface area contributed by atoms with Gasteiger partial charge in [0.25, 0.3) is 17.7 Å². The number of rotatable bonds is 7. The molecule has 1 N–H and O–H groups in total. The van der Waals surface area contributed by atoms with Crippen LogP contribution in [0.15, 0.2) is 41.0 Å². The molecule has 1 aliphatic heterocycles. The minimum absolute atomic E-state index is 0.266. The van der Waals surface area contributed by atoms with Gasteiger partial charge < -0.3 is 14.5 Å². The maximum atomic E-state index is 12.2. The number of ether oxygens (including phenoxy) is 1. The number of imide groups is 1. The number of nitrogens with zero attached hydrogens (tertiary/aromatic N) is 1. The molecule has 0 spiro atoms. The van der Waals surface area contributed by atoms with Crippen LogP contribution in [0.4, 0.5) is 0 Å². The first kappa shape index (κ1) is 16.9. The molecule has 0 aliphatic carbocycles. The minimum Gasteiger partial charge on any atom is -0.467 e. The van der Waals surface area contributed by atoms with E-state index >= 15 is 0 Å². The molecule has 7 heteroatoms. The number of fused-ring (bicyclic) bond motifs is 1. The summed E-state index contributed by atoms with van der Waals surface area (Å²) in [4.78, 5) is 37.0. The Hall–Kier alpha value is -2.93. The number of furan rings is 1. The second-order valence-electron chi connectivity index (χ2n) is 5.67. The quantitative estimate of drug-likeness (QED) is 0.613. The van der Waals surface area contributed by atoms with Crippen LogP contribution >= 0.6 is 0 Å². The average Bonchev–Trinajstić information content (AvgIpc) is 3.21. The fraction of sp³-hybridized carbons (Fsp3) is 0.278. The van der Waals surface area contributed by atoms with Gasteiger partial charge in [0.15, 0.2) is 0 Å². The van der Waals surface area contributed by atoms with E-state index in [0.717, 1.165) is 10.7 Å². The minimum atomic E-state index is -0.388. The van der Waals surface area contributed by atoms with E-state index in [4.69, 9.17) is 9.15 Å². The summed E-state index contributed by atoms with van der Waals surface area (Å²) >= 11 is 0. The summed E-state index contributed by atoms with van der Waals surface area (Å²) in [6.45, 7) is 1.33. The average molecular weight is 342 g/mol. The van der Waals surface area contributed by atoms with Crippen LogP contribution in [0.25, 0.3) is 0 Å². The van der Waals surface area contributed by atoms with Gasteiger partial charge in [0.05, 0.1) is 17.4 Å². The number of benzene rings is 1. The first-order valence-electron chi connectivity index (χ1n) is 7.92. The van der Waals surface area contributed by atoms with Crippen molar-refractivity contribution in [2.75, 3.05) is 20.2 Å². The molecule has 2 heterocycles.